The van der Waals surface area contributed by atoms with Gasteiger partial charge in [0.2, 0.25) is 0 Å². The average molecular weight is 598 g/mol. The zero-order chi connectivity index (χ0) is 28.6. The van der Waals surface area contributed by atoms with Crippen LogP contribution in [0.2, 0.25) is 10.0 Å². The van der Waals surface area contributed by atoms with Crippen LogP contribution in [0, 0.1) is 0 Å². The molecule has 0 atom stereocenters. The number of aromatic nitrogens is 1. The molecule has 0 aliphatic rings. The van der Waals surface area contributed by atoms with Crippen LogP contribution in [0.5, 0.6) is 0 Å². The Morgan fingerprint density at radius 2 is 1.90 bits per heavy atom. The molecule has 206 valence electrons. The Labute approximate surface area is 237 Å². The lowest BCUT2D eigenvalue weighted by molar-refractivity contribution is -0.110. The summed E-state index contributed by atoms with van der Waals surface area (Å²) in [6, 6.07) is 11.3. The highest BCUT2D eigenvalue weighted by molar-refractivity contribution is 7.99. The number of thioether (sulfide) groups is 1. The molecule has 0 aliphatic heterocycles. The number of halogens is 5. The minimum Gasteiger partial charge on any atom is -0.395 e. The van der Waals surface area contributed by atoms with Crippen molar-refractivity contribution in [3.05, 3.63) is 76.0 Å². The van der Waals surface area contributed by atoms with E-state index in [0.29, 0.717) is 29.1 Å². The smallest absolute Gasteiger partial charge is 0.395 e. The van der Waals surface area contributed by atoms with E-state index >= 15 is 0 Å². The van der Waals surface area contributed by atoms with Crippen molar-refractivity contribution >= 4 is 74.8 Å². The fourth-order valence-corrected chi connectivity index (χ4v) is 4.54. The van der Waals surface area contributed by atoms with Gasteiger partial charge in [-0.2, -0.15) is 24.9 Å². The molecule has 0 saturated heterocycles. The molecule has 1 heterocycles. The van der Waals surface area contributed by atoms with Crippen LogP contribution in [0.1, 0.15) is 23.7 Å². The maximum absolute atomic E-state index is 13.3. The lowest BCUT2D eigenvalue weighted by Crippen LogP contribution is -2.29. The summed E-state index contributed by atoms with van der Waals surface area (Å²) in [4.78, 5) is 34.2. The molecule has 0 bridgehead atoms. The number of nitrogens with one attached hydrogen (secondary N) is 2. The molecule has 0 aliphatic carbocycles. The number of pyridine rings is 1. The van der Waals surface area contributed by atoms with Crippen molar-refractivity contribution in [2.75, 3.05) is 23.4 Å². The van der Waals surface area contributed by atoms with Crippen molar-refractivity contribution in [3.63, 3.8) is 0 Å². The van der Waals surface area contributed by atoms with Crippen molar-refractivity contribution in [1.82, 2.24) is 10.3 Å². The van der Waals surface area contributed by atoms with Crippen molar-refractivity contribution in [1.29, 1.82) is 0 Å². The minimum atomic E-state index is -4.93. The largest absolute Gasteiger partial charge is 0.430 e. The predicted molar refractivity (Wildman–Crippen MR) is 152 cm³/mol. The molecular formula is C26H24Cl2F3N5O2S. The van der Waals surface area contributed by atoms with Crippen LogP contribution in [-0.4, -0.2) is 46.7 Å². The number of benzene rings is 2. The Hall–Kier alpha value is -3.28. The highest BCUT2D eigenvalue weighted by atomic mass is 35.5. The molecule has 0 spiro atoms. The summed E-state index contributed by atoms with van der Waals surface area (Å²) in [6.45, 7) is 2.41. The topological polar surface area (TPSA) is 109 Å². The van der Waals surface area contributed by atoms with Gasteiger partial charge in [-0.25, -0.2) is 9.98 Å². The molecule has 3 rings (SSSR count). The van der Waals surface area contributed by atoms with E-state index in [9.17, 15) is 22.8 Å². The Bertz CT molecular complexity index is 1430. The number of alkyl halides is 3. The van der Waals surface area contributed by atoms with Crippen molar-refractivity contribution < 1.29 is 22.8 Å². The van der Waals surface area contributed by atoms with E-state index in [1.54, 1.807) is 36.0 Å². The number of allylic oxidation sites excluding steroid dienone is 1. The van der Waals surface area contributed by atoms with Crippen LogP contribution in [-0.2, 0) is 4.79 Å². The quantitative estimate of drug-likeness (QED) is 0.182. The molecule has 0 fully saturated rings. The fourth-order valence-electron chi connectivity index (χ4n) is 3.31. The fraction of sp³-hybridized carbons (Fsp3) is 0.231. The maximum atomic E-state index is 13.3. The molecule has 2 amide bonds. The molecule has 0 radical (unpaired) electrons. The van der Waals surface area contributed by atoms with Gasteiger partial charge in [0.05, 0.1) is 21.3 Å². The standard InChI is InChI=1S/C26H24Cl2F3N5O2S/c1-2-11-39-12-10-34-24(37)17-13-15-6-3-4-7-16(15)21(28)22(17)36-25(38)19(14-20(32)26(29,30)31)35-23-18(27)8-5-9-33-23/h3-9,13-14H,2,10-12,32H2,1H3,(H,34,37)(H,36,38). The highest BCUT2D eigenvalue weighted by Gasteiger charge is 2.32. The lowest BCUT2D eigenvalue weighted by atomic mass is 10.0. The van der Waals surface area contributed by atoms with Crippen LogP contribution >= 0.6 is 35.0 Å². The van der Waals surface area contributed by atoms with E-state index in [1.807, 2.05) is 0 Å². The van der Waals surface area contributed by atoms with Gasteiger partial charge in [-0.3, -0.25) is 9.59 Å². The predicted octanol–water partition coefficient (Wildman–Crippen LogP) is 6.53. The summed E-state index contributed by atoms with van der Waals surface area (Å²) in [5, 5.41) is 6.39. The first-order valence-corrected chi connectivity index (χ1v) is 13.6. The molecule has 0 saturated carbocycles. The Balaban J connectivity index is 2.05. The molecule has 3 aromatic rings. The first-order chi connectivity index (χ1) is 18.5. The van der Waals surface area contributed by atoms with Crippen LogP contribution in [0.4, 0.5) is 24.7 Å². The molecule has 7 nitrogen and oxygen atoms in total. The molecule has 39 heavy (non-hydrogen) atoms. The molecular weight excluding hydrogens is 574 g/mol. The number of rotatable bonds is 10. The van der Waals surface area contributed by atoms with E-state index in [2.05, 4.69) is 27.5 Å². The van der Waals surface area contributed by atoms with Gasteiger partial charge in [-0.05, 0) is 41.8 Å². The zero-order valence-corrected chi connectivity index (χ0v) is 22.9. The number of nitrogens with zero attached hydrogens (tertiary/aromatic N) is 2. The second-order valence-electron chi connectivity index (χ2n) is 8.06. The summed E-state index contributed by atoms with van der Waals surface area (Å²) >= 11 is 14.3. The highest BCUT2D eigenvalue weighted by Crippen LogP contribution is 2.35. The van der Waals surface area contributed by atoms with Gasteiger partial charge in [0.25, 0.3) is 11.8 Å². The normalized spacial score (nSPS) is 12.5. The van der Waals surface area contributed by atoms with Crippen LogP contribution in [0.3, 0.4) is 0 Å². The number of fused-ring (bicyclic) bond motifs is 1. The monoisotopic (exact) mass is 597 g/mol. The third-order valence-corrected chi connectivity index (χ3v) is 7.04. The Kier molecular flexibility index (Phi) is 10.6. The molecule has 1 aromatic heterocycles. The first kappa shape index (κ1) is 30.3. The van der Waals surface area contributed by atoms with Crippen molar-refractivity contribution in [3.8, 4) is 0 Å². The van der Waals surface area contributed by atoms with E-state index in [-0.39, 0.29) is 27.1 Å². The third kappa shape index (κ3) is 8.11. The summed E-state index contributed by atoms with van der Waals surface area (Å²) < 4.78 is 39.7. The summed E-state index contributed by atoms with van der Waals surface area (Å²) in [6.07, 6.45) is -2.27. The van der Waals surface area contributed by atoms with Crippen LogP contribution in [0.15, 0.2) is 65.4 Å². The number of aliphatic imine (C=N–C) groups is 1. The molecule has 13 heteroatoms. The number of carbonyl (C=O) groups excluding carboxylic acids is 2. The average Bonchev–Trinajstić information content (AvgIpc) is 2.90. The lowest BCUT2D eigenvalue weighted by Gasteiger charge is -2.16. The van der Waals surface area contributed by atoms with Gasteiger partial charge in [0.1, 0.15) is 11.4 Å². The summed E-state index contributed by atoms with van der Waals surface area (Å²) in [5.41, 5.74) is 2.77. The Morgan fingerprint density at radius 1 is 1.15 bits per heavy atom. The first-order valence-electron chi connectivity index (χ1n) is 11.6. The van der Waals surface area contributed by atoms with Gasteiger partial charge in [-0.15, -0.1) is 0 Å². The third-order valence-electron chi connectivity index (χ3n) is 5.17. The van der Waals surface area contributed by atoms with Crippen LogP contribution < -0.4 is 16.4 Å². The molecule has 4 N–H and O–H groups in total. The van der Waals surface area contributed by atoms with Gasteiger partial charge in [-0.1, -0.05) is 54.4 Å². The molecule has 2 aromatic carbocycles. The second kappa shape index (κ2) is 13.7. The number of nitrogens with two attached hydrogens (primary N) is 1. The maximum Gasteiger partial charge on any atom is 0.430 e. The SMILES string of the molecule is CCCSCCNC(=O)c1cc2ccccc2c(Cl)c1NC(=O)C(C=C(N)C(F)(F)F)=Nc1ncccc1Cl. The number of carbonyl (C=O) groups is 2. The van der Waals surface area contributed by atoms with Crippen molar-refractivity contribution in [2.24, 2.45) is 10.7 Å². The van der Waals surface area contributed by atoms with Gasteiger partial charge in [0.15, 0.2) is 5.82 Å². The Morgan fingerprint density at radius 3 is 2.59 bits per heavy atom. The van der Waals surface area contributed by atoms with Gasteiger partial charge in [0, 0.05) is 23.9 Å². The second-order valence-corrected chi connectivity index (χ2v) is 10.1. The summed E-state index contributed by atoms with van der Waals surface area (Å²) in [7, 11) is 0. The van der Waals surface area contributed by atoms with Crippen molar-refractivity contribution in [2.45, 2.75) is 19.5 Å². The number of anilines is 1. The van der Waals surface area contributed by atoms with E-state index in [0.717, 1.165) is 12.2 Å². The van der Waals surface area contributed by atoms with Crippen LogP contribution in [0.25, 0.3) is 10.8 Å². The van der Waals surface area contributed by atoms with Gasteiger partial charge < -0.3 is 16.4 Å². The molecule has 0 unspecified atom stereocenters. The number of hydrogen-bond donors (Lipinski definition) is 3. The number of amides is 2. The summed E-state index contributed by atoms with van der Waals surface area (Å²) in [5.74, 6) is -0.232. The van der Waals surface area contributed by atoms with E-state index in [1.165, 1.54) is 24.4 Å². The van der Waals surface area contributed by atoms with E-state index in [4.69, 9.17) is 28.9 Å². The minimum absolute atomic E-state index is 0.00785. The van der Waals surface area contributed by atoms with Gasteiger partial charge >= 0.3 is 6.18 Å². The van der Waals surface area contributed by atoms with E-state index < -0.39 is 29.4 Å². The zero-order valence-electron chi connectivity index (χ0n) is 20.6. The number of hydrogen-bond acceptors (Lipinski definition) is 6.